The summed E-state index contributed by atoms with van der Waals surface area (Å²) in [6.45, 7) is 0. The van der Waals surface area contributed by atoms with E-state index in [9.17, 15) is 4.39 Å². The Labute approximate surface area is 155 Å². The molecule has 0 saturated carbocycles. The zero-order valence-electron chi connectivity index (χ0n) is 14.0. The highest BCUT2D eigenvalue weighted by molar-refractivity contribution is 6.30. The third-order valence-electron chi connectivity index (χ3n) is 4.41. The molecule has 0 aliphatic rings. The van der Waals surface area contributed by atoms with Crippen LogP contribution in [0.2, 0.25) is 5.02 Å². The van der Waals surface area contributed by atoms with E-state index in [0.717, 1.165) is 40.7 Å². The minimum atomic E-state index is -0.302. The second-order valence-electron chi connectivity index (χ2n) is 6.33. The van der Waals surface area contributed by atoms with Crippen LogP contribution in [0.15, 0.2) is 61.1 Å². The molecule has 0 atom stereocenters. The number of nitrogens with zero attached hydrogens (tertiary/aromatic N) is 2. The summed E-state index contributed by atoms with van der Waals surface area (Å²) in [7, 11) is 0. The van der Waals surface area contributed by atoms with Gasteiger partial charge >= 0.3 is 0 Å². The number of fused-ring (bicyclic) bond motifs is 1. The van der Waals surface area contributed by atoms with Crippen molar-refractivity contribution < 1.29 is 4.39 Å². The number of hydrogen-bond acceptors (Lipinski definition) is 2. The van der Waals surface area contributed by atoms with Crippen LogP contribution in [0, 0.1) is 5.82 Å². The molecule has 26 heavy (non-hydrogen) atoms. The zero-order valence-corrected chi connectivity index (χ0v) is 14.8. The van der Waals surface area contributed by atoms with E-state index in [1.807, 2.05) is 24.5 Å². The van der Waals surface area contributed by atoms with Gasteiger partial charge in [-0.15, -0.1) is 0 Å². The second-order valence-corrected chi connectivity index (χ2v) is 6.76. The Balaban J connectivity index is 1.43. The topological polar surface area (TPSA) is 41.6 Å². The number of H-pyrrole nitrogens is 1. The molecule has 0 radical (unpaired) electrons. The molecular formula is C21H17ClFN3. The van der Waals surface area contributed by atoms with Crippen LogP contribution in [-0.4, -0.2) is 15.0 Å². The summed E-state index contributed by atoms with van der Waals surface area (Å²) < 4.78 is 13.4. The molecule has 130 valence electrons. The van der Waals surface area contributed by atoms with Crippen LogP contribution in [0.4, 0.5) is 4.39 Å². The molecule has 0 aliphatic heterocycles. The van der Waals surface area contributed by atoms with Gasteiger partial charge in [-0.1, -0.05) is 17.7 Å². The molecule has 0 aliphatic carbocycles. The number of aromatic nitrogens is 3. The van der Waals surface area contributed by atoms with Gasteiger partial charge in [0.05, 0.1) is 0 Å². The minimum Gasteiger partial charge on any atom is -0.346 e. The first kappa shape index (κ1) is 16.7. The van der Waals surface area contributed by atoms with Crippen molar-refractivity contribution in [2.75, 3.05) is 0 Å². The highest BCUT2D eigenvalue weighted by Gasteiger charge is 2.06. The Morgan fingerprint density at radius 2 is 1.92 bits per heavy atom. The lowest BCUT2D eigenvalue weighted by molar-refractivity contribution is 0.625. The minimum absolute atomic E-state index is 0.302. The van der Waals surface area contributed by atoms with Crippen molar-refractivity contribution in [3.05, 3.63) is 94.3 Å². The fourth-order valence-corrected chi connectivity index (χ4v) is 3.36. The van der Waals surface area contributed by atoms with Gasteiger partial charge in [0.25, 0.3) is 0 Å². The average Bonchev–Trinajstić information content (AvgIpc) is 3.04. The van der Waals surface area contributed by atoms with Crippen molar-refractivity contribution in [3.63, 3.8) is 0 Å². The number of pyridine rings is 2. The Morgan fingerprint density at radius 3 is 2.73 bits per heavy atom. The molecule has 3 aromatic heterocycles. The first-order chi connectivity index (χ1) is 12.7. The van der Waals surface area contributed by atoms with Crippen molar-refractivity contribution in [1.82, 2.24) is 15.0 Å². The quantitative estimate of drug-likeness (QED) is 0.533. The normalized spacial score (nSPS) is 11.2. The van der Waals surface area contributed by atoms with Crippen molar-refractivity contribution >= 4 is 22.6 Å². The molecule has 1 aromatic carbocycles. The summed E-state index contributed by atoms with van der Waals surface area (Å²) in [6.07, 6.45) is 7.95. The fraction of sp³-hybridized carbons (Fsp3) is 0.143. The first-order valence-corrected chi connectivity index (χ1v) is 8.85. The summed E-state index contributed by atoms with van der Waals surface area (Å²) >= 11 is 5.90. The lowest BCUT2D eigenvalue weighted by Crippen LogP contribution is -1.97. The molecule has 4 aromatic rings. The largest absolute Gasteiger partial charge is 0.346 e. The third-order valence-corrected chi connectivity index (χ3v) is 4.63. The third kappa shape index (κ3) is 3.75. The van der Waals surface area contributed by atoms with E-state index < -0.39 is 0 Å². The maximum Gasteiger partial charge on any atom is 0.137 e. The molecule has 5 heteroatoms. The lowest BCUT2D eigenvalue weighted by atomic mass is 10.0. The average molecular weight is 366 g/mol. The summed E-state index contributed by atoms with van der Waals surface area (Å²) in [4.78, 5) is 12.1. The van der Waals surface area contributed by atoms with Gasteiger partial charge in [-0.2, -0.15) is 0 Å². The Morgan fingerprint density at radius 1 is 1.00 bits per heavy atom. The predicted octanol–water partition coefficient (Wildman–Crippen LogP) is 5.13. The van der Waals surface area contributed by atoms with E-state index in [1.54, 1.807) is 12.3 Å². The summed E-state index contributed by atoms with van der Waals surface area (Å²) in [5.74, 6) is -0.302. The number of rotatable bonds is 5. The van der Waals surface area contributed by atoms with Gasteiger partial charge in [0.15, 0.2) is 0 Å². The van der Waals surface area contributed by atoms with E-state index in [2.05, 4.69) is 27.1 Å². The highest BCUT2D eigenvalue weighted by Crippen LogP contribution is 2.19. The van der Waals surface area contributed by atoms with Gasteiger partial charge in [-0.3, -0.25) is 4.98 Å². The van der Waals surface area contributed by atoms with E-state index in [-0.39, 0.29) is 5.82 Å². The maximum atomic E-state index is 13.4. The van der Waals surface area contributed by atoms with E-state index >= 15 is 0 Å². The van der Waals surface area contributed by atoms with Gasteiger partial charge in [-0.25, -0.2) is 9.37 Å². The van der Waals surface area contributed by atoms with Gasteiger partial charge in [0, 0.05) is 41.1 Å². The smallest absolute Gasteiger partial charge is 0.137 e. The number of hydrogen-bond donors (Lipinski definition) is 1. The van der Waals surface area contributed by atoms with Crippen LogP contribution in [0.5, 0.6) is 0 Å². The van der Waals surface area contributed by atoms with Crippen molar-refractivity contribution in [2.24, 2.45) is 0 Å². The lowest BCUT2D eigenvalue weighted by Gasteiger charge is -2.05. The number of benzene rings is 1. The zero-order chi connectivity index (χ0) is 17.9. The molecule has 0 amide bonds. The highest BCUT2D eigenvalue weighted by atomic mass is 35.5. The van der Waals surface area contributed by atoms with Crippen LogP contribution in [0.1, 0.15) is 22.4 Å². The predicted molar refractivity (Wildman–Crippen MR) is 102 cm³/mol. The molecule has 0 fully saturated rings. The summed E-state index contributed by atoms with van der Waals surface area (Å²) in [5.41, 5.74) is 5.12. The van der Waals surface area contributed by atoms with Crippen molar-refractivity contribution in [3.8, 4) is 0 Å². The second kappa shape index (κ2) is 7.26. The van der Waals surface area contributed by atoms with E-state index in [1.165, 1.54) is 17.7 Å². The van der Waals surface area contributed by atoms with Crippen molar-refractivity contribution in [1.29, 1.82) is 0 Å². The molecule has 3 heterocycles. The molecule has 0 spiro atoms. The number of halogens is 2. The van der Waals surface area contributed by atoms with Crippen LogP contribution in [0.25, 0.3) is 11.0 Å². The molecule has 0 bridgehead atoms. The van der Waals surface area contributed by atoms with Gasteiger partial charge in [0.2, 0.25) is 0 Å². The molecule has 0 unspecified atom stereocenters. The standard InChI is InChI=1S/C21H17ClFN3/c22-17-9-14(10-18(23)11-17)3-5-19-6-4-15(12-25-19)8-16-13-26-21-20(16)2-1-7-24-21/h1-2,4,6-7,9-13H,3,5,8H2,(H,24,26). The number of aryl methyl sites for hydroxylation is 2. The molecule has 3 nitrogen and oxygen atoms in total. The Kier molecular flexibility index (Phi) is 4.67. The molecule has 0 saturated heterocycles. The van der Waals surface area contributed by atoms with E-state index in [4.69, 9.17) is 11.6 Å². The number of nitrogens with one attached hydrogen (secondary N) is 1. The van der Waals surface area contributed by atoms with Crippen LogP contribution < -0.4 is 0 Å². The molecule has 1 N–H and O–H groups in total. The Hall–Kier alpha value is -2.72. The number of aromatic amines is 1. The summed E-state index contributed by atoms with van der Waals surface area (Å²) in [6, 6.07) is 12.8. The van der Waals surface area contributed by atoms with Gasteiger partial charge < -0.3 is 4.98 Å². The van der Waals surface area contributed by atoms with Crippen molar-refractivity contribution in [2.45, 2.75) is 19.3 Å². The van der Waals surface area contributed by atoms with Gasteiger partial charge in [0.1, 0.15) is 11.5 Å². The van der Waals surface area contributed by atoms with Gasteiger partial charge in [-0.05, 0) is 65.9 Å². The first-order valence-electron chi connectivity index (χ1n) is 8.47. The van der Waals surface area contributed by atoms with Crippen LogP contribution in [-0.2, 0) is 19.3 Å². The molecular weight excluding hydrogens is 349 g/mol. The SMILES string of the molecule is Fc1cc(Cl)cc(CCc2ccc(Cc3c[nH]c4ncccc34)cn2)c1. The molecule has 4 rings (SSSR count). The maximum absolute atomic E-state index is 13.4. The van der Waals surface area contributed by atoms with E-state index in [0.29, 0.717) is 11.4 Å². The fourth-order valence-electron chi connectivity index (χ4n) is 3.11. The summed E-state index contributed by atoms with van der Waals surface area (Å²) in [5, 5.41) is 1.57. The van der Waals surface area contributed by atoms with Crippen LogP contribution in [0.3, 0.4) is 0 Å². The Bertz CT molecular complexity index is 1020. The monoisotopic (exact) mass is 365 g/mol. The van der Waals surface area contributed by atoms with Crippen LogP contribution >= 0.6 is 11.6 Å².